The van der Waals surface area contributed by atoms with Crippen LogP contribution in [0.3, 0.4) is 0 Å². The van der Waals surface area contributed by atoms with Gasteiger partial charge in [-0.25, -0.2) is 9.59 Å². The maximum Gasteiger partial charge on any atom is 0.452 e. The van der Waals surface area contributed by atoms with Crippen molar-refractivity contribution < 1.29 is 41.8 Å². The fourth-order valence-corrected chi connectivity index (χ4v) is 3.66. The quantitative estimate of drug-likeness (QED) is 0.283. The van der Waals surface area contributed by atoms with Gasteiger partial charge in [0.15, 0.2) is 0 Å². The number of amides is 1. The van der Waals surface area contributed by atoms with Crippen LogP contribution in [0.25, 0.3) is 0 Å². The summed E-state index contributed by atoms with van der Waals surface area (Å²) in [6.45, 7) is -0.483. The Morgan fingerprint density at radius 3 is 2.12 bits per heavy atom. The van der Waals surface area contributed by atoms with Gasteiger partial charge in [-0.2, -0.15) is 13.2 Å². The smallest absolute Gasteiger partial charge is 0.452 e. The van der Waals surface area contributed by atoms with Crippen LogP contribution in [0, 0.1) is 0 Å². The number of nitrogens with two attached hydrogens (primary N) is 1. The SMILES string of the molecule is COC(=O)c1ccc(COC(=O)C(N)(C(=O)NC(Cc2ccccc2)C(=O)C(F)(F)F)n2ccccc2=O)cc1. The number of ketones is 1. The van der Waals surface area contributed by atoms with Gasteiger partial charge in [0.25, 0.3) is 22.9 Å². The standard InChI is InChI=1S/C27H24F3N3O7/c1-39-23(36)19-12-10-18(11-13-19)16-40-25(38)26(31,33-14-6-5-9-21(33)34)24(37)32-20(22(35)27(28,29)30)15-17-7-3-2-4-8-17/h2-14,20H,15-16,31H2,1H3,(H,32,37). The molecule has 210 valence electrons. The van der Waals surface area contributed by atoms with Crippen molar-refractivity contribution in [2.24, 2.45) is 5.73 Å². The summed E-state index contributed by atoms with van der Waals surface area (Å²) < 4.78 is 50.4. The molecule has 0 spiro atoms. The Labute approximate surface area is 225 Å². The number of carbonyl (C=O) groups excluding carboxylic acids is 4. The number of hydrogen-bond donors (Lipinski definition) is 2. The fourth-order valence-electron chi connectivity index (χ4n) is 3.66. The normalized spacial score (nSPS) is 13.4. The van der Waals surface area contributed by atoms with Crippen molar-refractivity contribution >= 4 is 23.6 Å². The summed E-state index contributed by atoms with van der Waals surface area (Å²) in [4.78, 5) is 63.0. The van der Waals surface area contributed by atoms with Crippen LogP contribution in [0.2, 0.25) is 0 Å². The molecule has 0 bridgehead atoms. The van der Waals surface area contributed by atoms with E-state index in [4.69, 9.17) is 10.5 Å². The predicted molar refractivity (Wildman–Crippen MR) is 134 cm³/mol. The highest BCUT2D eigenvalue weighted by atomic mass is 19.4. The number of halogens is 3. The van der Waals surface area contributed by atoms with Gasteiger partial charge in [0.1, 0.15) is 12.6 Å². The molecule has 2 atom stereocenters. The van der Waals surface area contributed by atoms with Crippen molar-refractivity contribution in [1.82, 2.24) is 9.88 Å². The molecule has 1 amide bonds. The van der Waals surface area contributed by atoms with Gasteiger partial charge < -0.3 is 14.8 Å². The van der Waals surface area contributed by atoms with E-state index in [1.54, 1.807) is 6.07 Å². The Kier molecular flexibility index (Phi) is 9.22. The number of carbonyl (C=O) groups is 4. The highest BCUT2D eigenvalue weighted by Gasteiger charge is 2.50. The van der Waals surface area contributed by atoms with Crippen LogP contribution in [0.4, 0.5) is 13.2 Å². The van der Waals surface area contributed by atoms with Crippen molar-refractivity contribution in [1.29, 1.82) is 0 Å². The Balaban J connectivity index is 1.93. The molecule has 10 nitrogen and oxygen atoms in total. The molecule has 1 aromatic heterocycles. The Morgan fingerprint density at radius 1 is 0.925 bits per heavy atom. The van der Waals surface area contributed by atoms with E-state index in [9.17, 15) is 37.1 Å². The lowest BCUT2D eigenvalue weighted by Gasteiger charge is -2.30. The van der Waals surface area contributed by atoms with E-state index < -0.39 is 60.1 Å². The molecular formula is C27H24F3N3O7. The molecule has 0 aliphatic rings. The third-order valence-electron chi connectivity index (χ3n) is 5.79. The molecule has 3 N–H and O–H groups in total. The number of methoxy groups -OCH3 is 1. The summed E-state index contributed by atoms with van der Waals surface area (Å²) >= 11 is 0. The molecule has 40 heavy (non-hydrogen) atoms. The Hall–Kier alpha value is -4.78. The minimum atomic E-state index is -5.33. The number of ether oxygens (including phenoxy) is 2. The van der Waals surface area contributed by atoms with Crippen LogP contribution in [-0.2, 0) is 42.5 Å². The summed E-state index contributed by atoms with van der Waals surface area (Å²) in [5.41, 5.74) is 3.02. The van der Waals surface area contributed by atoms with Crippen LogP contribution < -0.4 is 16.6 Å². The number of esters is 2. The van der Waals surface area contributed by atoms with E-state index in [0.717, 1.165) is 12.3 Å². The minimum Gasteiger partial charge on any atom is -0.465 e. The Bertz CT molecular complexity index is 1440. The molecule has 0 fully saturated rings. The zero-order valence-corrected chi connectivity index (χ0v) is 21.0. The molecule has 0 radical (unpaired) electrons. The van der Waals surface area contributed by atoms with Crippen LogP contribution in [0.15, 0.2) is 83.8 Å². The topological polar surface area (TPSA) is 147 Å². The van der Waals surface area contributed by atoms with Crippen molar-refractivity contribution in [2.45, 2.75) is 30.9 Å². The largest absolute Gasteiger partial charge is 0.465 e. The van der Waals surface area contributed by atoms with E-state index in [1.807, 2.05) is 5.32 Å². The molecule has 0 aliphatic heterocycles. The molecule has 0 saturated heterocycles. The second-order valence-electron chi connectivity index (χ2n) is 8.52. The number of nitrogens with one attached hydrogen (secondary N) is 1. The second kappa shape index (κ2) is 12.4. The zero-order chi connectivity index (χ0) is 29.5. The second-order valence-corrected chi connectivity index (χ2v) is 8.52. The average molecular weight is 559 g/mol. The van der Waals surface area contributed by atoms with Crippen molar-refractivity contribution in [3.05, 3.63) is 106 Å². The number of benzene rings is 2. The first kappa shape index (κ1) is 29.8. The van der Waals surface area contributed by atoms with Crippen LogP contribution in [0.5, 0.6) is 0 Å². The third kappa shape index (κ3) is 6.80. The van der Waals surface area contributed by atoms with E-state index in [1.165, 1.54) is 67.8 Å². The average Bonchev–Trinajstić information content (AvgIpc) is 2.94. The van der Waals surface area contributed by atoms with Gasteiger partial charge >= 0.3 is 18.1 Å². The highest BCUT2D eigenvalue weighted by Crippen LogP contribution is 2.21. The number of rotatable bonds is 10. The number of aromatic nitrogens is 1. The van der Waals surface area contributed by atoms with Gasteiger partial charge in [-0.05, 0) is 29.3 Å². The number of nitrogens with zero attached hydrogens (tertiary/aromatic N) is 1. The summed E-state index contributed by atoms with van der Waals surface area (Å²) in [7, 11) is 1.20. The zero-order valence-electron chi connectivity index (χ0n) is 21.0. The molecule has 0 saturated carbocycles. The van der Waals surface area contributed by atoms with E-state index >= 15 is 0 Å². The van der Waals surface area contributed by atoms with Gasteiger partial charge in [-0.1, -0.05) is 48.5 Å². The minimum absolute atomic E-state index is 0.208. The predicted octanol–water partition coefficient (Wildman–Crippen LogP) is 1.85. The third-order valence-corrected chi connectivity index (χ3v) is 5.79. The maximum absolute atomic E-state index is 13.4. The number of alkyl halides is 3. The molecule has 13 heteroatoms. The first-order chi connectivity index (χ1) is 18.9. The lowest BCUT2D eigenvalue weighted by atomic mass is 10.0. The van der Waals surface area contributed by atoms with Gasteiger partial charge in [0, 0.05) is 18.7 Å². The summed E-state index contributed by atoms with van der Waals surface area (Å²) in [5, 5.41) is 1.90. The molecule has 2 unspecified atom stereocenters. The molecule has 1 heterocycles. The molecular weight excluding hydrogens is 535 g/mol. The van der Waals surface area contributed by atoms with E-state index in [0.29, 0.717) is 10.1 Å². The van der Waals surface area contributed by atoms with Gasteiger partial charge in [0.2, 0.25) is 0 Å². The van der Waals surface area contributed by atoms with Crippen LogP contribution in [-0.4, -0.2) is 47.5 Å². The van der Waals surface area contributed by atoms with Crippen molar-refractivity contribution in [3.8, 4) is 0 Å². The Morgan fingerprint density at radius 2 is 1.55 bits per heavy atom. The lowest BCUT2D eigenvalue weighted by Crippen LogP contribution is -2.66. The van der Waals surface area contributed by atoms with Gasteiger partial charge in [-0.3, -0.25) is 24.7 Å². The van der Waals surface area contributed by atoms with Crippen molar-refractivity contribution in [3.63, 3.8) is 0 Å². The fraction of sp³-hybridized carbons (Fsp3) is 0.222. The molecule has 3 aromatic rings. The monoisotopic (exact) mass is 559 g/mol. The number of Topliss-reactive ketones (excluding diaryl/α,β-unsaturated/α-hetero) is 1. The van der Waals surface area contributed by atoms with Crippen molar-refractivity contribution in [2.75, 3.05) is 7.11 Å². The molecule has 3 rings (SSSR count). The van der Waals surface area contributed by atoms with E-state index in [-0.39, 0.29) is 11.1 Å². The lowest BCUT2D eigenvalue weighted by molar-refractivity contribution is -0.174. The van der Waals surface area contributed by atoms with Gasteiger partial charge in [0.05, 0.1) is 12.7 Å². The molecule has 0 aliphatic carbocycles. The number of hydrogen-bond acceptors (Lipinski definition) is 8. The van der Waals surface area contributed by atoms with Crippen LogP contribution >= 0.6 is 0 Å². The number of pyridine rings is 1. The van der Waals surface area contributed by atoms with Gasteiger partial charge in [-0.15, -0.1) is 0 Å². The summed E-state index contributed by atoms with van der Waals surface area (Å²) in [6.07, 6.45) is -4.93. The van der Waals surface area contributed by atoms with E-state index in [2.05, 4.69) is 4.74 Å². The molecule has 2 aromatic carbocycles. The first-order valence-corrected chi connectivity index (χ1v) is 11.7. The van der Waals surface area contributed by atoms with Crippen LogP contribution in [0.1, 0.15) is 21.5 Å². The highest BCUT2D eigenvalue weighted by molar-refractivity contribution is 6.06. The summed E-state index contributed by atoms with van der Waals surface area (Å²) in [6, 6.07) is 14.5. The first-order valence-electron chi connectivity index (χ1n) is 11.7. The maximum atomic E-state index is 13.4. The summed E-state index contributed by atoms with van der Waals surface area (Å²) in [5.74, 6) is -5.96.